The van der Waals surface area contributed by atoms with E-state index in [0.717, 1.165) is 17.7 Å². The van der Waals surface area contributed by atoms with Crippen LogP contribution in [-0.2, 0) is 29.8 Å². The molecule has 7 nitrogen and oxygen atoms in total. The second-order valence-corrected chi connectivity index (χ2v) is 11.3. The van der Waals surface area contributed by atoms with Crippen molar-refractivity contribution in [2.24, 2.45) is 7.05 Å². The SMILES string of the molecule is COc1ccc(CN(C)S(=O)(=O)c2ccc(NC(C)c3ccc(C(F)(F)F)cc3)c(-c3cn(C)cn3)c2)cc1. The Balaban J connectivity index is 1.63. The van der Waals surface area contributed by atoms with Gasteiger partial charge < -0.3 is 14.6 Å². The van der Waals surface area contributed by atoms with Crippen molar-refractivity contribution in [3.8, 4) is 17.0 Å². The third-order valence-corrected chi connectivity index (χ3v) is 8.15. The molecule has 0 aliphatic heterocycles. The number of hydrogen-bond donors (Lipinski definition) is 1. The van der Waals surface area contributed by atoms with E-state index in [9.17, 15) is 21.6 Å². The van der Waals surface area contributed by atoms with Crippen molar-refractivity contribution >= 4 is 15.7 Å². The zero-order valence-corrected chi connectivity index (χ0v) is 22.7. The number of rotatable bonds is 9. The summed E-state index contributed by atoms with van der Waals surface area (Å²) in [5.74, 6) is 0.679. The molecule has 0 amide bonds. The highest BCUT2D eigenvalue weighted by Gasteiger charge is 2.30. The van der Waals surface area contributed by atoms with Crippen molar-refractivity contribution in [2.45, 2.75) is 30.6 Å². The van der Waals surface area contributed by atoms with Crippen LogP contribution in [-0.4, -0.2) is 36.4 Å². The van der Waals surface area contributed by atoms with Gasteiger partial charge in [-0.05, 0) is 60.5 Å². The smallest absolute Gasteiger partial charge is 0.416 e. The number of ether oxygens (including phenoxy) is 1. The van der Waals surface area contributed by atoms with Crippen molar-refractivity contribution in [1.29, 1.82) is 0 Å². The van der Waals surface area contributed by atoms with E-state index < -0.39 is 21.8 Å². The lowest BCUT2D eigenvalue weighted by Crippen LogP contribution is -2.26. The summed E-state index contributed by atoms with van der Waals surface area (Å²) < 4.78 is 74.1. The van der Waals surface area contributed by atoms with Gasteiger partial charge in [0.2, 0.25) is 10.0 Å². The van der Waals surface area contributed by atoms with Crippen LogP contribution in [0.25, 0.3) is 11.3 Å². The van der Waals surface area contributed by atoms with E-state index in [1.165, 1.54) is 29.6 Å². The summed E-state index contributed by atoms with van der Waals surface area (Å²) in [7, 11) is 1.02. The number of sulfonamides is 1. The fraction of sp³-hybridized carbons (Fsp3) is 0.250. The van der Waals surface area contributed by atoms with Crippen LogP contribution in [0.4, 0.5) is 18.9 Å². The maximum Gasteiger partial charge on any atom is 0.416 e. The normalized spacial score (nSPS) is 12.9. The summed E-state index contributed by atoms with van der Waals surface area (Å²) >= 11 is 0. The van der Waals surface area contributed by atoms with E-state index in [1.807, 2.05) is 6.92 Å². The molecule has 1 heterocycles. The molecule has 39 heavy (non-hydrogen) atoms. The molecule has 1 aromatic heterocycles. The number of nitrogens with zero attached hydrogens (tertiary/aromatic N) is 3. The summed E-state index contributed by atoms with van der Waals surface area (Å²) in [6.45, 7) is 1.98. The maximum atomic E-state index is 13.5. The molecule has 1 atom stereocenters. The molecule has 0 saturated heterocycles. The molecule has 0 aliphatic carbocycles. The first kappa shape index (κ1) is 28.2. The molecule has 0 bridgehead atoms. The van der Waals surface area contributed by atoms with E-state index >= 15 is 0 Å². The topological polar surface area (TPSA) is 76.5 Å². The Morgan fingerprint density at radius 3 is 2.28 bits per heavy atom. The predicted octanol–water partition coefficient (Wildman–Crippen LogP) is 6.11. The first-order valence-electron chi connectivity index (χ1n) is 12.0. The monoisotopic (exact) mass is 558 g/mol. The molecule has 1 N–H and O–H groups in total. The van der Waals surface area contributed by atoms with Gasteiger partial charge in [0.15, 0.2) is 0 Å². The van der Waals surface area contributed by atoms with E-state index in [0.29, 0.717) is 28.3 Å². The fourth-order valence-electron chi connectivity index (χ4n) is 4.10. The standard InChI is InChI=1S/C28H29F3N4O3S/c1-19(21-7-9-22(10-8-21)28(29,30)31)33-26-14-13-24(15-25(26)27-17-34(2)18-32-27)39(36,37)35(3)16-20-5-11-23(38-4)12-6-20/h5-15,17-19,33H,16H2,1-4H3. The number of nitrogens with one attached hydrogen (secondary N) is 1. The molecule has 0 aliphatic rings. The lowest BCUT2D eigenvalue weighted by atomic mass is 10.0. The third-order valence-electron chi connectivity index (χ3n) is 6.35. The minimum atomic E-state index is -4.41. The lowest BCUT2D eigenvalue weighted by molar-refractivity contribution is -0.137. The van der Waals surface area contributed by atoms with Crippen LogP contribution in [0.5, 0.6) is 5.75 Å². The molecule has 4 rings (SSSR count). The van der Waals surface area contributed by atoms with Crippen LogP contribution in [0, 0.1) is 0 Å². The average Bonchev–Trinajstić information content (AvgIpc) is 3.34. The number of halogens is 3. The van der Waals surface area contributed by atoms with Crippen LogP contribution in [0.2, 0.25) is 0 Å². The third kappa shape index (κ3) is 6.43. The second-order valence-electron chi connectivity index (χ2n) is 9.23. The van der Waals surface area contributed by atoms with E-state index in [-0.39, 0.29) is 17.5 Å². The van der Waals surface area contributed by atoms with Gasteiger partial charge in [-0.2, -0.15) is 17.5 Å². The summed E-state index contributed by atoms with van der Waals surface area (Å²) in [6.07, 6.45) is -1.04. The highest BCUT2D eigenvalue weighted by molar-refractivity contribution is 7.89. The zero-order chi connectivity index (χ0) is 28.4. The van der Waals surface area contributed by atoms with Gasteiger partial charge in [0.05, 0.1) is 29.6 Å². The molecule has 0 fully saturated rings. The number of imidazole rings is 1. The van der Waals surface area contributed by atoms with E-state index in [1.54, 1.807) is 67.6 Å². The Morgan fingerprint density at radius 1 is 1.05 bits per heavy atom. The Kier molecular flexibility index (Phi) is 8.03. The van der Waals surface area contributed by atoms with Gasteiger partial charge in [0.1, 0.15) is 5.75 Å². The molecule has 1 unspecified atom stereocenters. The molecule has 206 valence electrons. The van der Waals surface area contributed by atoms with Crippen LogP contribution < -0.4 is 10.1 Å². The molecule has 0 spiro atoms. The number of aryl methyl sites for hydroxylation is 1. The molecule has 11 heteroatoms. The van der Waals surface area contributed by atoms with Crippen LogP contribution >= 0.6 is 0 Å². The summed E-state index contributed by atoms with van der Waals surface area (Å²) in [4.78, 5) is 4.48. The fourth-order valence-corrected chi connectivity index (χ4v) is 5.29. The second kappa shape index (κ2) is 11.1. The predicted molar refractivity (Wildman–Crippen MR) is 144 cm³/mol. The number of alkyl halides is 3. The number of benzene rings is 3. The number of hydrogen-bond acceptors (Lipinski definition) is 5. The highest BCUT2D eigenvalue weighted by atomic mass is 32.2. The van der Waals surface area contributed by atoms with Crippen LogP contribution in [0.3, 0.4) is 0 Å². The average molecular weight is 559 g/mol. The van der Waals surface area contributed by atoms with Crippen molar-refractivity contribution in [3.05, 3.63) is 95.9 Å². The molecule has 4 aromatic rings. The number of aromatic nitrogens is 2. The van der Waals surface area contributed by atoms with Crippen molar-refractivity contribution in [1.82, 2.24) is 13.9 Å². The summed E-state index contributed by atoms with van der Waals surface area (Å²) in [5, 5.41) is 3.30. The molecule has 3 aromatic carbocycles. The maximum absolute atomic E-state index is 13.5. The Labute approximate surface area is 225 Å². The first-order chi connectivity index (χ1) is 18.4. The van der Waals surface area contributed by atoms with Crippen molar-refractivity contribution in [2.75, 3.05) is 19.5 Å². The van der Waals surface area contributed by atoms with Gasteiger partial charge in [-0.15, -0.1) is 0 Å². The van der Waals surface area contributed by atoms with Crippen LogP contribution in [0.15, 0.2) is 84.1 Å². The molecular formula is C28H29F3N4O3S. The van der Waals surface area contributed by atoms with Gasteiger partial charge in [-0.25, -0.2) is 13.4 Å². The van der Waals surface area contributed by atoms with E-state index in [2.05, 4.69) is 10.3 Å². The molecule has 0 radical (unpaired) electrons. The van der Waals surface area contributed by atoms with Crippen molar-refractivity contribution < 1.29 is 26.3 Å². The minimum Gasteiger partial charge on any atom is -0.497 e. The summed E-state index contributed by atoms with van der Waals surface area (Å²) in [6, 6.07) is 16.4. The van der Waals surface area contributed by atoms with Gasteiger partial charge in [-0.3, -0.25) is 0 Å². The van der Waals surface area contributed by atoms with Gasteiger partial charge in [0, 0.05) is 44.1 Å². The Bertz CT molecular complexity index is 1530. The number of anilines is 1. The van der Waals surface area contributed by atoms with Gasteiger partial charge >= 0.3 is 6.18 Å². The van der Waals surface area contributed by atoms with Gasteiger partial charge in [0.25, 0.3) is 0 Å². The quantitative estimate of drug-likeness (QED) is 0.268. The minimum absolute atomic E-state index is 0.0897. The zero-order valence-electron chi connectivity index (χ0n) is 21.9. The van der Waals surface area contributed by atoms with E-state index in [4.69, 9.17) is 4.74 Å². The highest BCUT2D eigenvalue weighted by Crippen LogP contribution is 2.34. The summed E-state index contributed by atoms with van der Waals surface area (Å²) in [5.41, 5.74) is 2.42. The largest absolute Gasteiger partial charge is 0.497 e. The number of methoxy groups -OCH3 is 1. The van der Waals surface area contributed by atoms with Crippen molar-refractivity contribution in [3.63, 3.8) is 0 Å². The Morgan fingerprint density at radius 2 is 1.72 bits per heavy atom. The Hall–Kier alpha value is -3.83. The molecular weight excluding hydrogens is 529 g/mol. The van der Waals surface area contributed by atoms with Crippen LogP contribution in [0.1, 0.15) is 29.7 Å². The van der Waals surface area contributed by atoms with Gasteiger partial charge in [-0.1, -0.05) is 24.3 Å². The lowest BCUT2D eigenvalue weighted by Gasteiger charge is -2.21. The molecule has 0 saturated carbocycles. The first-order valence-corrected chi connectivity index (χ1v) is 13.5.